The van der Waals surface area contributed by atoms with Gasteiger partial charge in [0.2, 0.25) is 0 Å². The van der Waals surface area contributed by atoms with E-state index in [4.69, 9.17) is 5.11 Å². The molecule has 1 atom stereocenters. The van der Waals surface area contributed by atoms with Crippen LogP contribution in [-0.2, 0) is 14.4 Å². The number of nitrogens with zero attached hydrogens (tertiary/aromatic N) is 1. The Morgan fingerprint density at radius 1 is 1.40 bits per heavy atom. The number of ketones is 1. The van der Waals surface area contributed by atoms with Crippen LogP contribution < -0.4 is 0 Å². The van der Waals surface area contributed by atoms with Crippen molar-refractivity contribution in [1.82, 2.24) is 0 Å². The SMILES string of the molecule is O=C1CCCC2=C1C=NC(=O)C2C(=O)O. The molecule has 0 aromatic rings. The highest BCUT2D eigenvalue weighted by Gasteiger charge is 2.37. The largest absolute Gasteiger partial charge is 0.480 e. The lowest BCUT2D eigenvalue weighted by Gasteiger charge is -2.23. The van der Waals surface area contributed by atoms with Crippen LogP contribution in [0.2, 0.25) is 0 Å². The second-order valence-electron chi connectivity index (χ2n) is 3.58. The quantitative estimate of drug-likeness (QED) is 0.628. The molecule has 0 fully saturated rings. The van der Waals surface area contributed by atoms with Crippen LogP contribution in [0.1, 0.15) is 19.3 Å². The molecule has 2 aliphatic rings. The Labute approximate surface area is 85.5 Å². The van der Waals surface area contributed by atoms with Crippen LogP contribution in [0.25, 0.3) is 0 Å². The summed E-state index contributed by atoms with van der Waals surface area (Å²) in [4.78, 5) is 37.1. The van der Waals surface area contributed by atoms with Crippen LogP contribution in [0.5, 0.6) is 0 Å². The Morgan fingerprint density at radius 3 is 2.80 bits per heavy atom. The molecule has 1 heterocycles. The summed E-state index contributed by atoms with van der Waals surface area (Å²) in [6.45, 7) is 0. The lowest BCUT2D eigenvalue weighted by molar-refractivity contribution is -0.144. The topological polar surface area (TPSA) is 83.8 Å². The van der Waals surface area contributed by atoms with Crippen LogP contribution >= 0.6 is 0 Å². The molecule has 1 aliphatic heterocycles. The maximum absolute atomic E-state index is 11.4. The van der Waals surface area contributed by atoms with Crippen LogP contribution in [0.4, 0.5) is 0 Å². The molecule has 0 aromatic carbocycles. The zero-order chi connectivity index (χ0) is 11.0. The summed E-state index contributed by atoms with van der Waals surface area (Å²) >= 11 is 0. The average Bonchev–Trinajstić information content (AvgIpc) is 2.17. The highest BCUT2D eigenvalue weighted by molar-refractivity contribution is 6.21. The van der Waals surface area contributed by atoms with E-state index in [0.717, 1.165) is 0 Å². The molecule has 1 aliphatic carbocycles. The summed E-state index contributed by atoms with van der Waals surface area (Å²) in [5, 5.41) is 8.89. The fraction of sp³-hybridized carbons (Fsp3) is 0.400. The van der Waals surface area contributed by atoms with Gasteiger partial charge in [-0.05, 0) is 18.4 Å². The van der Waals surface area contributed by atoms with Crippen molar-refractivity contribution >= 4 is 23.9 Å². The third kappa shape index (κ3) is 1.49. The molecular formula is C10H9NO4. The molecule has 78 valence electrons. The maximum Gasteiger partial charge on any atom is 0.320 e. The van der Waals surface area contributed by atoms with Crippen LogP contribution in [0.15, 0.2) is 16.1 Å². The van der Waals surface area contributed by atoms with Gasteiger partial charge in [-0.1, -0.05) is 0 Å². The Balaban J connectivity index is 2.49. The van der Waals surface area contributed by atoms with Gasteiger partial charge < -0.3 is 5.11 Å². The van der Waals surface area contributed by atoms with E-state index in [1.807, 2.05) is 0 Å². The summed E-state index contributed by atoms with van der Waals surface area (Å²) in [6, 6.07) is 0. The Hall–Kier alpha value is -1.78. The van der Waals surface area contributed by atoms with E-state index in [9.17, 15) is 14.4 Å². The molecule has 0 spiro atoms. The van der Waals surface area contributed by atoms with Crippen molar-refractivity contribution in [2.24, 2.45) is 10.9 Å². The van der Waals surface area contributed by atoms with Crippen LogP contribution in [-0.4, -0.2) is 29.0 Å². The molecule has 0 radical (unpaired) electrons. The first kappa shape index (κ1) is 9.76. The van der Waals surface area contributed by atoms with Crippen molar-refractivity contribution in [3.8, 4) is 0 Å². The van der Waals surface area contributed by atoms with Gasteiger partial charge in [0, 0.05) is 18.2 Å². The van der Waals surface area contributed by atoms with Gasteiger partial charge in [-0.2, -0.15) is 0 Å². The number of carboxylic acid groups (broad SMARTS) is 1. The Kier molecular flexibility index (Phi) is 2.22. The molecule has 1 unspecified atom stereocenters. The van der Waals surface area contributed by atoms with Gasteiger partial charge in [-0.25, -0.2) is 4.99 Å². The normalized spacial score (nSPS) is 25.5. The predicted octanol–water partition coefficient (Wildman–Crippen LogP) is 0.348. The van der Waals surface area contributed by atoms with Crippen LogP contribution in [0, 0.1) is 5.92 Å². The van der Waals surface area contributed by atoms with E-state index >= 15 is 0 Å². The number of carboxylic acids is 1. The number of hydrogen-bond acceptors (Lipinski definition) is 3. The molecule has 15 heavy (non-hydrogen) atoms. The number of amides is 1. The number of carbonyl (C=O) groups excluding carboxylic acids is 2. The van der Waals surface area contributed by atoms with Gasteiger partial charge in [-0.15, -0.1) is 0 Å². The summed E-state index contributed by atoms with van der Waals surface area (Å²) in [5.74, 6) is -3.26. The van der Waals surface area contributed by atoms with Gasteiger partial charge in [0.15, 0.2) is 11.7 Å². The molecule has 0 bridgehead atoms. The molecule has 2 rings (SSSR count). The molecule has 0 saturated carbocycles. The van der Waals surface area contributed by atoms with Crippen molar-refractivity contribution in [3.05, 3.63) is 11.1 Å². The summed E-state index contributed by atoms with van der Waals surface area (Å²) in [5.41, 5.74) is 0.756. The molecule has 5 heteroatoms. The van der Waals surface area contributed by atoms with E-state index < -0.39 is 17.8 Å². The number of allylic oxidation sites excluding steroid dienone is 1. The van der Waals surface area contributed by atoms with E-state index in [1.165, 1.54) is 6.21 Å². The smallest absolute Gasteiger partial charge is 0.320 e. The minimum absolute atomic E-state index is 0.112. The van der Waals surface area contributed by atoms with E-state index in [1.54, 1.807) is 0 Å². The van der Waals surface area contributed by atoms with Crippen LogP contribution in [0.3, 0.4) is 0 Å². The van der Waals surface area contributed by atoms with Gasteiger partial charge in [-0.3, -0.25) is 14.4 Å². The molecule has 5 nitrogen and oxygen atoms in total. The summed E-state index contributed by atoms with van der Waals surface area (Å²) in [6.07, 6.45) is 2.72. The standard InChI is InChI=1S/C10H9NO4/c12-7-3-1-2-5-6(7)4-11-9(13)8(5)10(14)15/h4,8H,1-3H2,(H,14,15). The molecule has 1 amide bonds. The van der Waals surface area contributed by atoms with Crippen molar-refractivity contribution in [2.45, 2.75) is 19.3 Å². The number of hydrogen-bond donors (Lipinski definition) is 1. The Bertz CT molecular complexity index is 419. The number of rotatable bonds is 1. The zero-order valence-electron chi connectivity index (χ0n) is 7.90. The zero-order valence-corrected chi connectivity index (χ0v) is 7.90. The van der Waals surface area contributed by atoms with E-state index in [-0.39, 0.29) is 5.78 Å². The fourth-order valence-corrected chi connectivity index (χ4v) is 1.95. The second-order valence-corrected chi connectivity index (χ2v) is 3.58. The van der Waals surface area contributed by atoms with Crippen molar-refractivity contribution in [3.63, 3.8) is 0 Å². The monoisotopic (exact) mass is 207 g/mol. The van der Waals surface area contributed by atoms with Gasteiger partial charge >= 0.3 is 5.97 Å². The molecule has 0 aromatic heterocycles. The van der Waals surface area contributed by atoms with E-state index in [2.05, 4.69) is 4.99 Å². The van der Waals surface area contributed by atoms with E-state index in [0.29, 0.717) is 30.4 Å². The number of dihydropyridines is 1. The third-order valence-corrected chi connectivity index (χ3v) is 2.66. The molecule has 0 saturated heterocycles. The fourth-order valence-electron chi connectivity index (χ4n) is 1.95. The highest BCUT2D eigenvalue weighted by Crippen LogP contribution is 2.30. The number of Topliss-reactive ketones (excluding diaryl/α,β-unsaturated/α-hetero) is 1. The van der Waals surface area contributed by atoms with Gasteiger partial charge in [0.1, 0.15) is 0 Å². The van der Waals surface area contributed by atoms with Gasteiger partial charge in [0.05, 0.1) is 0 Å². The van der Waals surface area contributed by atoms with Crippen molar-refractivity contribution in [1.29, 1.82) is 0 Å². The van der Waals surface area contributed by atoms with Crippen molar-refractivity contribution in [2.75, 3.05) is 0 Å². The highest BCUT2D eigenvalue weighted by atomic mass is 16.4. The van der Waals surface area contributed by atoms with Gasteiger partial charge in [0.25, 0.3) is 5.91 Å². The lowest BCUT2D eigenvalue weighted by atomic mass is 9.81. The maximum atomic E-state index is 11.4. The first-order valence-electron chi connectivity index (χ1n) is 4.68. The summed E-state index contributed by atoms with van der Waals surface area (Å²) in [7, 11) is 0. The first-order valence-corrected chi connectivity index (χ1v) is 4.68. The number of carbonyl (C=O) groups is 3. The molecule has 1 N–H and O–H groups in total. The minimum Gasteiger partial charge on any atom is -0.480 e. The number of aliphatic imine (C=N–C) groups is 1. The second kappa shape index (κ2) is 3.42. The molecular weight excluding hydrogens is 198 g/mol. The summed E-state index contributed by atoms with van der Waals surface area (Å²) < 4.78 is 0. The van der Waals surface area contributed by atoms with Crippen molar-refractivity contribution < 1.29 is 19.5 Å². The third-order valence-electron chi connectivity index (χ3n) is 2.66. The lowest BCUT2D eigenvalue weighted by Crippen LogP contribution is -2.32. The minimum atomic E-state index is -1.24. The predicted molar refractivity (Wildman–Crippen MR) is 50.5 cm³/mol. The first-order chi connectivity index (χ1) is 7.11. The Morgan fingerprint density at radius 2 is 2.13 bits per heavy atom. The number of aliphatic carboxylic acids is 1. The average molecular weight is 207 g/mol.